The van der Waals surface area contributed by atoms with Gasteiger partial charge in [0.25, 0.3) is 0 Å². The maximum Gasteiger partial charge on any atom is -0.00141 e. The fraction of sp³-hybridized carbons (Fsp3) is 0. The molecule has 0 spiro atoms. The van der Waals surface area contributed by atoms with E-state index in [4.69, 9.17) is 0 Å². The molecule has 0 aliphatic carbocycles. The summed E-state index contributed by atoms with van der Waals surface area (Å²) in [6.07, 6.45) is 0. The van der Waals surface area contributed by atoms with Crippen molar-refractivity contribution in [3.05, 3.63) is 218 Å². The fourth-order valence-electron chi connectivity index (χ4n) is 9.03. The molecule has 0 N–H and O–H groups in total. The topological polar surface area (TPSA) is 0 Å². The van der Waals surface area contributed by atoms with Gasteiger partial charge in [-0.25, -0.2) is 0 Å². The van der Waals surface area contributed by atoms with E-state index in [0.29, 0.717) is 0 Å². The average Bonchev–Trinajstić information content (AvgIpc) is 3.27. The molecular formula is C56H36. The van der Waals surface area contributed by atoms with Crippen molar-refractivity contribution >= 4 is 53.9 Å². The number of hydrogen-bond acceptors (Lipinski definition) is 0. The van der Waals surface area contributed by atoms with Gasteiger partial charge in [0.15, 0.2) is 0 Å². The van der Waals surface area contributed by atoms with Gasteiger partial charge < -0.3 is 0 Å². The molecule has 0 aromatic heterocycles. The lowest BCUT2D eigenvalue weighted by molar-refractivity contribution is 1.61. The Morgan fingerprint density at radius 3 is 1.38 bits per heavy atom. The highest BCUT2D eigenvalue weighted by Gasteiger charge is 2.21. The van der Waals surface area contributed by atoms with Gasteiger partial charge in [-0.1, -0.05) is 206 Å². The van der Waals surface area contributed by atoms with Crippen molar-refractivity contribution in [3.8, 4) is 55.6 Å². The molecule has 0 amide bonds. The summed E-state index contributed by atoms with van der Waals surface area (Å²) in [6.45, 7) is 0. The van der Waals surface area contributed by atoms with Gasteiger partial charge >= 0.3 is 0 Å². The van der Waals surface area contributed by atoms with Gasteiger partial charge in [0.2, 0.25) is 0 Å². The van der Waals surface area contributed by atoms with E-state index in [1.807, 2.05) is 0 Å². The fourth-order valence-corrected chi connectivity index (χ4v) is 9.03. The summed E-state index contributed by atoms with van der Waals surface area (Å²) in [5, 5.41) is 12.6. The van der Waals surface area contributed by atoms with Crippen LogP contribution in [0.25, 0.3) is 109 Å². The van der Waals surface area contributed by atoms with E-state index in [1.54, 1.807) is 0 Å². The van der Waals surface area contributed by atoms with Crippen LogP contribution in [-0.2, 0) is 0 Å². The normalized spacial score (nSPS) is 11.6. The van der Waals surface area contributed by atoms with E-state index in [1.165, 1.54) is 109 Å². The lowest BCUT2D eigenvalue weighted by atomic mass is 9.81. The summed E-state index contributed by atoms with van der Waals surface area (Å²) >= 11 is 0. The Hall–Kier alpha value is -7.28. The Morgan fingerprint density at radius 1 is 0.196 bits per heavy atom. The Labute approximate surface area is 326 Å². The molecule has 260 valence electrons. The van der Waals surface area contributed by atoms with Crippen molar-refractivity contribution in [1.29, 1.82) is 0 Å². The second-order valence-corrected chi connectivity index (χ2v) is 14.8. The lowest BCUT2D eigenvalue weighted by Crippen LogP contribution is -1.94. The predicted molar refractivity (Wildman–Crippen MR) is 241 cm³/mol. The molecule has 11 aromatic rings. The van der Waals surface area contributed by atoms with Crippen molar-refractivity contribution in [2.45, 2.75) is 0 Å². The van der Waals surface area contributed by atoms with E-state index < -0.39 is 0 Å². The summed E-state index contributed by atoms with van der Waals surface area (Å²) in [4.78, 5) is 0. The van der Waals surface area contributed by atoms with Crippen LogP contribution in [0.5, 0.6) is 0 Å². The Kier molecular flexibility index (Phi) is 7.60. The first-order chi connectivity index (χ1) is 27.8. The molecular weight excluding hydrogens is 673 g/mol. The molecule has 0 unspecified atom stereocenters. The molecule has 0 bridgehead atoms. The molecule has 0 aliphatic rings. The molecule has 56 heavy (non-hydrogen) atoms. The zero-order valence-corrected chi connectivity index (χ0v) is 30.8. The van der Waals surface area contributed by atoms with Crippen LogP contribution in [0.2, 0.25) is 0 Å². The van der Waals surface area contributed by atoms with Crippen LogP contribution in [0.15, 0.2) is 218 Å². The summed E-state index contributed by atoms with van der Waals surface area (Å²) in [5.74, 6) is 0. The largest absolute Gasteiger partial charge is 0.0616 e. The molecule has 0 heteroatoms. The third kappa shape index (κ3) is 5.30. The maximum absolute atomic E-state index is 2.39. The van der Waals surface area contributed by atoms with Gasteiger partial charge in [0.05, 0.1) is 0 Å². The number of benzene rings is 11. The molecule has 11 rings (SSSR count). The van der Waals surface area contributed by atoms with Crippen LogP contribution in [0, 0.1) is 0 Å². The minimum Gasteiger partial charge on any atom is -0.0616 e. The van der Waals surface area contributed by atoms with Crippen molar-refractivity contribution in [1.82, 2.24) is 0 Å². The highest BCUT2D eigenvalue weighted by atomic mass is 14.2. The summed E-state index contributed by atoms with van der Waals surface area (Å²) in [6, 6.07) is 80.5. The molecule has 0 radical (unpaired) electrons. The maximum atomic E-state index is 2.39. The van der Waals surface area contributed by atoms with Crippen molar-refractivity contribution < 1.29 is 0 Å². The van der Waals surface area contributed by atoms with Gasteiger partial charge in [0.1, 0.15) is 0 Å². The van der Waals surface area contributed by atoms with E-state index in [9.17, 15) is 0 Å². The van der Waals surface area contributed by atoms with Crippen LogP contribution in [0.3, 0.4) is 0 Å². The predicted octanol–water partition coefficient (Wildman–Crippen LogP) is 15.8. The smallest absolute Gasteiger partial charge is 0.00141 e. The van der Waals surface area contributed by atoms with Gasteiger partial charge in [-0.05, 0) is 122 Å². The molecule has 0 heterocycles. The van der Waals surface area contributed by atoms with Gasteiger partial charge in [-0.2, -0.15) is 0 Å². The molecule has 0 saturated heterocycles. The Bertz CT molecular complexity index is 3280. The van der Waals surface area contributed by atoms with Gasteiger partial charge in [-0.3, -0.25) is 0 Å². The zero-order chi connectivity index (χ0) is 37.0. The van der Waals surface area contributed by atoms with E-state index >= 15 is 0 Å². The van der Waals surface area contributed by atoms with Crippen LogP contribution in [-0.4, -0.2) is 0 Å². The molecule has 0 aliphatic heterocycles. The van der Waals surface area contributed by atoms with Gasteiger partial charge in [0, 0.05) is 0 Å². The quantitative estimate of drug-likeness (QED) is 0.156. The van der Waals surface area contributed by atoms with Crippen LogP contribution in [0.1, 0.15) is 0 Å². The Balaban J connectivity index is 1.20. The second-order valence-electron chi connectivity index (χ2n) is 14.8. The minimum atomic E-state index is 1.20. The summed E-state index contributed by atoms with van der Waals surface area (Å²) < 4.78 is 0. The van der Waals surface area contributed by atoms with Crippen LogP contribution < -0.4 is 0 Å². The van der Waals surface area contributed by atoms with Crippen LogP contribution >= 0.6 is 0 Å². The molecule has 11 aromatic carbocycles. The molecule has 0 saturated carbocycles. The Morgan fingerprint density at radius 2 is 0.643 bits per heavy atom. The monoisotopic (exact) mass is 708 g/mol. The van der Waals surface area contributed by atoms with E-state index in [0.717, 1.165) is 0 Å². The number of rotatable bonds is 5. The molecule has 0 nitrogen and oxygen atoms in total. The summed E-state index contributed by atoms with van der Waals surface area (Å²) in [7, 11) is 0. The first kappa shape index (κ1) is 32.2. The standard InChI is InChI=1S/C56H36/c1-2-16-42-35-44(34-29-37(42)13-1)43-19-9-20-45(36-43)54-51-23-7-8-24-52(51)55(50-27-11-18-39-15-4-6-22-48(39)50)53-28-12-26-49(56(53)54)41-32-30-40(31-33-41)47-25-10-17-38-14-3-5-21-46(38)47/h1-36H. The van der Waals surface area contributed by atoms with Crippen molar-refractivity contribution in [2.24, 2.45) is 0 Å². The first-order valence-corrected chi connectivity index (χ1v) is 19.4. The number of fused-ring (bicyclic) bond motifs is 5. The SMILES string of the molecule is c1cc(-c2ccc3ccccc3c2)cc(-c2c3ccccc3c(-c3cccc4ccccc34)c3cccc(-c4ccc(-c5cccc6ccccc56)cc4)c23)c1. The lowest BCUT2D eigenvalue weighted by Gasteiger charge is -2.21. The van der Waals surface area contributed by atoms with E-state index in [-0.39, 0.29) is 0 Å². The highest BCUT2D eigenvalue weighted by molar-refractivity contribution is 6.26. The third-order valence-corrected chi connectivity index (χ3v) is 11.6. The average molecular weight is 709 g/mol. The summed E-state index contributed by atoms with van der Waals surface area (Å²) in [5.41, 5.74) is 12.3. The minimum absolute atomic E-state index is 1.20. The van der Waals surface area contributed by atoms with Gasteiger partial charge in [-0.15, -0.1) is 0 Å². The zero-order valence-electron chi connectivity index (χ0n) is 30.8. The first-order valence-electron chi connectivity index (χ1n) is 19.4. The molecule has 0 atom stereocenters. The van der Waals surface area contributed by atoms with Crippen molar-refractivity contribution in [3.63, 3.8) is 0 Å². The second kappa shape index (κ2) is 13.2. The number of hydrogen-bond donors (Lipinski definition) is 0. The van der Waals surface area contributed by atoms with Crippen molar-refractivity contribution in [2.75, 3.05) is 0 Å². The molecule has 0 fully saturated rings. The van der Waals surface area contributed by atoms with E-state index in [2.05, 4.69) is 218 Å². The third-order valence-electron chi connectivity index (χ3n) is 11.6. The van der Waals surface area contributed by atoms with Crippen LogP contribution in [0.4, 0.5) is 0 Å². The highest BCUT2D eigenvalue weighted by Crippen LogP contribution is 2.49.